The van der Waals surface area contributed by atoms with E-state index in [2.05, 4.69) is 20.4 Å². The number of nitrogens with one attached hydrogen (secondary N) is 2. The van der Waals surface area contributed by atoms with E-state index in [1.807, 2.05) is 24.3 Å². The molecule has 0 fully saturated rings. The number of nitrogens with zero attached hydrogens (tertiary/aromatic N) is 2. The van der Waals surface area contributed by atoms with Gasteiger partial charge in [0.1, 0.15) is 5.69 Å². The third kappa shape index (κ3) is 1.30. The van der Waals surface area contributed by atoms with Crippen molar-refractivity contribution < 1.29 is 0 Å². The van der Waals surface area contributed by atoms with Gasteiger partial charge in [0.15, 0.2) is 0 Å². The van der Waals surface area contributed by atoms with Crippen LogP contribution < -0.4 is 5.56 Å². The highest BCUT2D eigenvalue weighted by Crippen LogP contribution is 2.23. The van der Waals surface area contributed by atoms with Crippen molar-refractivity contribution in [2.24, 2.45) is 0 Å². The summed E-state index contributed by atoms with van der Waals surface area (Å²) in [6.45, 7) is 0. The average Bonchev–Trinajstić information content (AvgIpc) is 2.81. The first-order valence-electron chi connectivity index (χ1n) is 4.83. The quantitative estimate of drug-likeness (QED) is 0.638. The number of aromatic nitrogens is 4. The third-order valence-corrected chi connectivity index (χ3v) is 2.44. The SMILES string of the molecule is O=c1cc(-c2cn[nH]n2)c2ccccc2[nH]1. The van der Waals surface area contributed by atoms with Crippen molar-refractivity contribution in [3.8, 4) is 11.3 Å². The largest absolute Gasteiger partial charge is 0.322 e. The van der Waals surface area contributed by atoms with Crippen LogP contribution in [-0.4, -0.2) is 20.4 Å². The Labute approximate surface area is 90.1 Å². The fourth-order valence-electron chi connectivity index (χ4n) is 1.75. The molecule has 0 saturated heterocycles. The zero-order chi connectivity index (χ0) is 11.0. The monoisotopic (exact) mass is 212 g/mol. The smallest absolute Gasteiger partial charge is 0.249 e. The molecule has 2 heterocycles. The Morgan fingerprint density at radius 3 is 2.88 bits per heavy atom. The molecule has 0 unspecified atom stereocenters. The van der Waals surface area contributed by atoms with Crippen molar-refractivity contribution in [1.29, 1.82) is 0 Å². The summed E-state index contributed by atoms with van der Waals surface area (Å²) in [7, 11) is 0. The molecule has 0 bridgehead atoms. The van der Waals surface area contributed by atoms with Crippen LogP contribution in [0.1, 0.15) is 0 Å². The molecule has 0 spiro atoms. The summed E-state index contributed by atoms with van der Waals surface area (Å²) in [4.78, 5) is 14.3. The van der Waals surface area contributed by atoms with Gasteiger partial charge in [0.25, 0.3) is 0 Å². The molecule has 0 amide bonds. The second-order valence-corrected chi connectivity index (χ2v) is 3.45. The van der Waals surface area contributed by atoms with Gasteiger partial charge in [-0.15, -0.1) is 0 Å². The predicted molar refractivity (Wildman–Crippen MR) is 59.9 cm³/mol. The van der Waals surface area contributed by atoms with E-state index in [0.29, 0.717) is 5.69 Å². The Morgan fingerprint density at radius 1 is 1.19 bits per heavy atom. The molecule has 0 aliphatic heterocycles. The van der Waals surface area contributed by atoms with Crippen LogP contribution in [0.3, 0.4) is 0 Å². The average molecular weight is 212 g/mol. The number of para-hydroxylation sites is 1. The molecule has 0 saturated carbocycles. The fourth-order valence-corrected chi connectivity index (χ4v) is 1.75. The van der Waals surface area contributed by atoms with Crippen LogP contribution in [-0.2, 0) is 0 Å². The molecule has 5 heteroatoms. The minimum Gasteiger partial charge on any atom is -0.322 e. The van der Waals surface area contributed by atoms with E-state index >= 15 is 0 Å². The molecular formula is C11H8N4O. The number of H-pyrrole nitrogens is 2. The highest BCUT2D eigenvalue weighted by atomic mass is 16.1. The fraction of sp³-hybridized carbons (Fsp3) is 0. The number of pyridine rings is 1. The molecule has 5 nitrogen and oxygen atoms in total. The normalized spacial score (nSPS) is 10.8. The van der Waals surface area contributed by atoms with Crippen LogP contribution in [0.15, 0.2) is 41.3 Å². The van der Waals surface area contributed by atoms with Crippen molar-refractivity contribution in [3.63, 3.8) is 0 Å². The Kier molecular flexibility index (Phi) is 1.83. The number of rotatable bonds is 1. The summed E-state index contributed by atoms with van der Waals surface area (Å²) in [5, 5.41) is 11.2. The van der Waals surface area contributed by atoms with E-state index in [4.69, 9.17) is 0 Å². The molecule has 0 aliphatic rings. The lowest BCUT2D eigenvalue weighted by Crippen LogP contribution is -2.04. The van der Waals surface area contributed by atoms with Gasteiger partial charge in [-0.25, -0.2) is 0 Å². The predicted octanol–water partition coefficient (Wildman–Crippen LogP) is 1.31. The Bertz CT molecular complexity index is 685. The van der Waals surface area contributed by atoms with Gasteiger partial charge in [-0.3, -0.25) is 4.79 Å². The number of hydrogen-bond donors (Lipinski definition) is 2. The van der Waals surface area contributed by atoms with E-state index in [0.717, 1.165) is 16.5 Å². The van der Waals surface area contributed by atoms with Gasteiger partial charge in [0.2, 0.25) is 5.56 Å². The van der Waals surface area contributed by atoms with Gasteiger partial charge in [0, 0.05) is 22.5 Å². The van der Waals surface area contributed by atoms with Crippen molar-refractivity contribution in [3.05, 3.63) is 46.9 Å². The minimum atomic E-state index is -0.142. The standard InChI is InChI=1S/C11H8N4O/c16-11-5-8(10-6-12-15-14-10)7-3-1-2-4-9(7)13-11/h1-6H,(H,13,16)(H,12,14,15). The van der Waals surface area contributed by atoms with E-state index in [1.165, 1.54) is 6.07 Å². The maximum absolute atomic E-state index is 11.5. The lowest BCUT2D eigenvalue weighted by molar-refractivity contribution is 0.942. The van der Waals surface area contributed by atoms with Crippen molar-refractivity contribution >= 4 is 10.9 Å². The summed E-state index contributed by atoms with van der Waals surface area (Å²) in [6.07, 6.45) is 1.60. The molecule has 0 radical (unpaired) electrons. The molecule has 2 aromatic heterocycles. The first kappa shape index (κ1) is 8.84. The zero-order valence-electron chi connectivity index (χ0n) is 8.27. The molecule has 2 N–H and O–H groups in total. The van der Waals surface area contributed by atoms with Crippen LogP contribution >= 0.6 is 0 Å². The molecule has 3 aromatic rings. The molecule has 78 valence electrons. The Hall–Kier alpha value is -2.43. The first-order valence-corrected chi connectivity index (χ1v) is 4.83. The molecule has 1 aromatic carbocycles. The molecule has 16 heavy (non-hydrogen) atoms. The van der Waals surface area contributed by atoms with E-state index in [-0.39, 0.29) is 5.56 Å². The lowest BCUT2D eigenvalue weighted by Gasteiger charge is -2.02. The topological polar surface area (TPSA) is 74.4 Å². The highest BCUT2D eigenvalue weighted by molar-refractivity contribution is 5.92. The van der Waals surface area contributed by atoms with Crippen LogP contribution in [0.4, 0.5) is 0 Å². The van der Waals surface area contributed by atoms with E-state index in [9.17, 15) is 4.79 Å². The second kappa shape index (κ2) is 3.30. The van der Waals surface area contributed by atoms with Crippen LogP contribution in [0, 0.1) is 0 Å². The van der Waals surface area contributed by atoms with Crippen LogP contribution in [0.2, 0.25) is 0 Å². The Morgan fingerprint density at radius 2 is 2.06 bits per heavy atom. The van der Waals surface area contributed by atoms with Crippen LogP contribution in [0.25, 0.3) is 22.2 Å². The van der Waals surface area contributed by atoms with Gasteiger partial charge in [0.05, 0.1) is 6.20 Å². The maximum Gasteiger partial charge on any atom is 0.249 e. The third-order valence-electron chi connectivity index (χ3n) is 2.44. The van der Waals surface area contributed by atoms with Crippen LogP contribution in [0.5, 0.6) is 0 Å². The maximum atomic E-state index is 11.5. The Balaban J connectivity index is 2.44. The summed E-state index contributed by atoms with van der Waals surface area (Å²) < 4.78 is 0. The number of aromatic amines is 2. The van der Waals surface area contributed by atoms with Gasteiger partial charge >= 0.3 is 0 Å². The molecule has 0 atom stereocenters. The summed E-state index contributed by atoms with van der Waals surface area (Å²) >= 11 is 0. The van der Waals surface area contributed by atoms with Crippen molar-refractivity contribution in [2.45, 2.75) is 0 Å². The number of fused-ring (bicyclic) bond motifs is 1. The molecular weight excluding hydrogens is 204 g/mol. The van der Waals surface area contributed by atoms with Crippen molar-refractivity contribution in [1.82, 2.24) is 20.4 Å². The number of hydrogen-bond acceptors (Lipinski definition) is 3. The first-order chi connectivity index (χ1) is 7.84. The zero-order valence-corrected chi connectivity index (χ0v) is 8.27. The summed E-state index contributed by atoms with van der Waals surface area (Å²) in [5.41, 5.74) is 2.11. The van der Waals surface area contributed by atoms with E-state index < -0.39 is 0 Å². The van der Waals surface area contributed by atoms with Crippen molar-refractivity contribution in [2.75, 3.05) is 0 Å². The van der Waals surface area contributed by atoms with E-state index in [1.54, 1.807) is 6.20 Å². The second-order valence-electron chi connectivity index (χ2n) is 3.45. The lowest BCUT2D eigenvalue weighted by atomic mass is 10.1. The summed E-state index contributed by atoms with van der Waals surface area (Å²) in [6, 6.07) is 9.13. The molecule has 3 rings (SSSR count). The van der Waals surface area contributed by atoms with Gasteiger partial charge in [-0.05, 0) is 6.07 Å². The highest BCUT2D eigenvalue weighted by Gasteiger charge is 2.07. The van der Waals surface area contributed by atoms with Gasteiger partial charge < -0.3 is 4.98 Å². The summed E-state index contributed by atoms with van der Waals surface area (Å²) in [5.74, 6) is 0. The molecule has 0 aliphatic carbocycles. The van der Waals surface area contributed by atoms with Gasteiger partial charge in [-0.2, -0.15) is 15.4 Å². The van der Waals surface area contributed by atoms with Gasteiger partial charge in [-0.1, -0.05) is 18.2 Å². The number of benzene rings is 1. The minimum absolute atomic E-state index is 0.142.